The van der Waals surface area contributed by atoms with Gasteiger partial charge < -0.3 is 9.30 Å². The summed E-state index contributed by atoms with van der Waals surface area (Å²) >= 11 is 0. The summed E-state index contributed by atoms with van der Waals surface area (Å²) in [5.41, 5.74) is 4.85. The van der Waals surface area contributed by atoms with Gasteiger partial charge in [-0.25, -0.2) is 4.79 Å². The number of aromatic nitrogens is 1. The van der Waals surface area contributed by atoms with Gasteiger partial charge in [-0.15, -0.1) is 0 Å². The molecule has 3 aliphatic rings. The lowest BCUT2D eigenvalue weighted by atomic mass is 9.32. The van der Waals surface area contributed by atoms with E-state index in [4.69, 9.17) is 4.74 Å². The van der Waals surface area contributed by atoms with Gasteiger partial charge in [0.15, 0.2) is 0 Å². The zero-order chi connectivity index (χ0) is 17.8. The topological polar surface area (TPSA) is 31.2 Å². The van der Waals surface area contributed by atoms with Crippen molar-refractivity contribution < 1.29 is 9.53 Å². The summed E-state index contributed by atoms with van der Waals surface area (Å²) in [5, 5.41) is 0. The first kappa shape index (κ1) is 15.4. The van der Waals surface area contributed by atoms with Crippen molar-refractivity contribution in [1.82, 2.24) is 4.57 Å². The number of methoxy groups -OCH3 is 1. The third-order valence-electron chi connectivity index (χ3n) is 6.29. The molecular weight excluding hydrogens is 322 g/mol. The summed E-state index contributed by atoms with van der Waals surface area (Å²) in [7, 11) is 1.44. The van der Waals surface area contributed by atoms with E-state index in [1.54, 1.807) is 0 Å². The minimum atomic E-state index is -0.278. The Hall–Kier alpha value is -2.81. The van der Waals surface area contributed by atoms with Crippen LogP contribution in [0.5, 0.6) is 0 Å². The zero-order valence-corrected chi connectivity index (χ0v) is 14.8. The molecule has 130 valence electrons. The fraction of sp³-hybridized carbons (Fsp3) is 0.261. The first-order valence-electron chi connectivity index (χ1n) is 9.08. The van der Waals surface area contributed by atoms with Crippen molar-refractivity contribution in [2.75, 3.05) is 7.11 Å². The number of carbonyl (C=O) groups is 1. The Morgan fingerprint density at radius 1 is 0.885 bits per heavy atom. The Labute approximate surface area is 153 Å². The number of benzene rings is 2. The van der Waals surface area contributed by atoms with Crippen LogP contribution in [0.25, 0.3) is 5.69 Å². The van der Waals surface area contributed by atoms with E-state index < -0.39 is 0 Å². The van der Waals surface area contributed by atoms with Gasteiger partial charge in [0.1, 0.15) is 0 Å². The largest absolute Gasteiger partial charge is 0.465 e. The fourth-order valence-corrected chi connectivity index (χ4v) is 5.18. The number of para-hydroxylation sites is 1. The predicted molar refractivity (Wildman–Crippen MR) is 101 cm³/mol. The van der Waals surface area contributed by atoms with Crippen LogP contribution in [-0.2, 0) is 15.6 Å². The molecule has 3 aromatic rings. The summed E-state index contributed by atoms with van der Waals surface area (Å²) < 4.78 is 7.10. The molecule has 3 aliphatic carbocycles. The van der Waals surface area contributed by atoms with Crippen molar-refractivity contribution in [3.8, 4) is 5.69 Å². The summed E-state index contributed by atoms with van der Waals surface area (Å²) in [6.45, 7) is 0. The van der Waals surface area contributed by atoms with Gasteiger partial charge in [0.2, 0.25) is 0 Å². The Morgan fingerprint density at radius 2 is 1.58 bits per heavy atom. The Morgan fingerprint density at radius 3 is 2.23 bits per heavy atom. The number of ether oxygens (including phenoxy) is 1. The van der Waals surface area contributed by atoms with E-state index in [1.807, 2.05) is 36.7 Å². The maximum absolute atomic E-state index is 12.4. The third kappa shape index (κ3) is 1.97. The maximum atomic E-state index is 12.4. The molecule has 3 saturated carbocycles. The molecule has 2 bridgehead atoms. The third-order valence-corrected chi connectivity index (χ3v) is 6.29. The van der Waals surface area contributed by atoms with Crippen LogP contribution in [0.3, 0.4) is 0 Å². The Kier molecular flexibility index (Phi) is 3.17. The summed E-state index contributed by atoms with van der Waals surface area (Å²) in [6, 6.07) is 20.9. The second kappa shape index (κ2) is 5.34. The molecule has 2 aromatic carbocycles. The molecule has 1 heterocycles. The molecule has 0 radical (unpaired) electrons. The predicted octanol–water partition coefficient (Wildman–Crippen LogP) is 4.64. The first-order valence-corrected chi connectivity index (χ1v) is 9.08. The van der Waals surface area contributed by atoms with Gasteiger partial charge in [0.25, 0.3) is 0 Å². The van der Waals surface area contributed by atoms with E-state index in [2.05, 4.69) is 41.0 Å². The quantitative estimate of drug-likeness (QED) is 0.646. The van der Waals surface area contributed by atoms with Gasteiger partial charge in [-0.3, -0.25) is 0 Å². The zero-order valence-electron chi connectivity index (χ0n) is 14.8. The van der Waals surface area contributed by atoms with Crippen LogP contribution in [-0.4, -0.2) is 17.6 Å². The number of hydrogen-bond acceptors (Lipinski definition) is 2. The molecule has 3 nitrogen and oxygen atoms in total. The standard InChI is InChI=1S/C23H21NO2/c1-26-21(25)18-10-7-11-19(20(18)24-12-5-6-13-24)23-14-22(15-23,16-23)17-8-3-2-4-9-17/h2-13H,14-16H2,1H3. The van der Waals surface area contributed by atoms with Gasteiger partial charge >= 0.3 is 5.97 Å². The highest BCUT2D eigenvalue weighted by molar-refractivity contribution is 5.94. The van der Waals surface area contributed by atoms with Crippen LogP contribution < -0.4 is 0 Å². The molecule has 0 spiro atoms. The molecule has 1 aromatic heterocycles. The average molecular weight is 343 g/mol. The second-order valence-electron chi connectivity index (χ2n) is 7.74. The molecule has 26 heavy (non-hydrogen) atoms. The molecule has 0 amide bonds. The van der Waals surface area contributed by atoms with Crippen molar-refractivity contribution in [2.45, 2.75) is 30.1 Å². The molecule has 0 aliphatic heterocycles. The molecule has 3 fully saturated rings. The molecule has 0 N–H and O–H groups in total. The number of carbonyl (C=O) groups excluding carboxylic acids is 1. The molecule has 3 heteroatoms. The van der Waals surface area contributed by atoms with E-state index in [-0.39, 0.29) is 11.4 Å². The van der Waals surface area contributed by atoms with Crippen molar-refractivity contribution in [2.24, 2.45) is 0 Å². The Balaban J connectivity index is 1.57. The smallest absolute Gasteiger partial charge is 0.340 e. The van der Waals surface area contributed by atoms with Crippen LogP contribution >= 0.6 is 0 Å². The number of nitrogens with zero attached hydrogens (tertiary/aromatic N) is 1. The fourth-order valence-electron chi connectivity index (χ4n) is 5.18. The molecule has 0 saturated heterocycles. The van der Waals surface area contributed by atoms with Crippen molar-refractivity contribution in [3.63, 3.8) is 0 Å². The van der Waals surface area contributed by atoms with Gasteiger partial charge in [-0.2, -0.15) is 0 Å². The average Bonchev–Trinajstić information content (AvgIpc) is 3.14. The first-order chi connectivity index (χ1) is 12.7. The molecule has 0 atom stereocenters. The van der Waals surface area contributed by atoms with Gasteiger partial charge in [0.05, 0.1) is 18.4 Å². The lowest BCUT2D eigenvalue weighted by Crippen LogP contribution is -2.67. The summed E-state index contributed by atoms with van der Waals surface area (Å²) in [5.74, 6) is -0.278. The van der Waals surface area contributed by atoms with Crippen LogP contribution in [0, 0.1) is 0 Å². The van der Waals surface area contributed by atoms with Crippen LogP contribution in [0.15, 0.2) is 73.1 Å². The second-order valence-corrected chi connectivity index (χ2v) is 7.74. The van der Waals surface area contributed by atoms with Gasteiger partial charge in [-0.05, 0) is 59.4 Å². The SMILES string of the molecule is COC(=O)c1cccc(C23CC(c4ccccc4)(C2)C3)c1-n1cccc1. The van der Waals surface area contributed by atoms with E-state index >= 15 is 0 Å². The molecule has 0 unspecified atom stereocenters. The van der Waals surface area contributed by atoms with Crippen molar-refractivity contribution in [1.29, 1.82) is 0 Å². The van der Waals surface area contributed by atoms with Crippen molar-refractivity contribution >= 4 is 5.97 Å². The number of rotatable bonds is 4. The summed E-state index contributed by atoms with van der Waals surface area (Å²) in [6.07, 6.45) is 7.47. The Bertz CT molecular complexity index is 953. The minimum absolute atomic E-state index is 0.180. The van der Waals surface area contributed by atoms with E-state index in [0.29, 0.717) is 11.0 Å². The van der Waals surface area contributed by atoms with Gasteiger partial charge in [-0.1, -0.05) is 42.5 Å². The van der Waals surface area contributed by atoms with Crippen molar-refractivity contribution in [3.05, 3.63) is 89.7 Å². The van der Waals surface area contributed by atoms with E-state index in [1.165, 1.54) is 18.2 Å². The monoisotopic (exact) mass is 343 g/mol. The summed E-state index contributed by atoms with van der Waals surface area (Å²) in [4.78, 5) is 12.4. The molecular formula is C23H21NO2. The van der Waals surface area contributed by atoms with Crippen LogP contribution in [0.4, 0.5) is 0 Å². The lowest BCUT2D eigenvalue weighted by molar-refractivity contribution is -0.0692. The maximum Gasteiger partial charge on any atom is 0.340 e. The van der Waals surface area contributed by atoms with E-state index in [9.17, 15) is 4.79 Å². The van der Waals surface area contributed by atoms with Gasteiger partial charge in [0, 0.05) is 12.4 Å². The highest BCUT2D eigenvalue weighted by atomic mass is 16.5. The van der Waals surface area contributed by atoms with E-state index in [0.717, 1.165) is 24.9 Å². The molecule has 6 rings (SSSR count). The highest BCUT2D eigenvalue weighted by Gasteiger charge is 2.69. The van der Waals surface area contributed by atoms with Crippen LogP contribution in [0.2, 0.25) is 0 Å². The normalized spacial score (nSPS) is 25.9. The highest BCUT2D eigenvalue weighted by Crippen LogP contribution is 2.74. The lowest BCUT2D eigenvalue weighted by Gasteiger charge is -2.71. The number of hydrogen-bond donors (Lipinski definition) is 0. The number of esters is 1. The van der Waals surface area contributed by atoms with Crippen LogP contribution in [0.1, 0.15) is 40.7 Å². The minimum Gasteiger partial charge on any atom is -0.465 e.